The molecule has 0 heterocycles. The van der Waals surface area contributed by atoms with Gasteiger partial charge in [-0.2, -0.15) is 0 Å². The summed E-state index contributed by atoms with van der Waals surface area (Å²) in [6.45, 7) is 3.82. The molecule has 0 radical (unpaired) electrons. The van der Waals surface area contributed by atoms with Gasteiger partial charge in [-0.05, 0) is 25.7 Å². The summed E-state index contributed by atoms with van der Waals surface area (Å²) in [5.41, 5.74) is 5.32. The minimum Gasteiger partial charge on any atom is -0.393 e. The zero-order valence-corrected chi connectivity index (χ0v) is 30.3. The van der Waals surface area contributed by atoms with Gasteiger partial charge in [0.1, 0.15) is 0 Å². The topological polar surface area (TPSA) is 151 Å². The molecule has 0 bridgehead atoms. The van der Waals surface area contributed by atoms with Crippen LogP contribution >= 0.6 is 7.82 Å². The minimum absolute atomic E-state index is 0.0451. The van der Waals surface area contributed by atoms with Gasteiger partial charge in [-0.15, -0.1) is 0 Å². The summed E-state index contributed by atoms with van der Waals surface area (Å²) in [6, 6.07) is -0.992. The molecule has 0 fully saturated rings. The van der Waals surface area contributed by atoms with Crippen LogP contribution in [0.25, 0.3) is 0 Å². The maximum atomic E-state index is 12.7. The fourth-order valence-corrected chi connectivity index (χ4v) is 6.02. The van der Waals surface area contributed by atoms with Crippen molar-refractivity contribution in [1.29, 1.82) is 0 Å². The second kappa shape index (κ2) is 32.5. The van der Waals surface area contributed by atoms with E-state index in [-0.39, 0.29) is 19.6 Å². The Hall–Kier alpha value is -1.06. The van der Waals surface area contributed by atoms with E-state index in [0.717, 1.165) is 38.5 Å². The summed E-state index contributed by atoms with van der Waals surface area (Å²) in [5, 5.41) is 23.8. The molecule has 4 atom stereocenters. The van der Waals surface area contributed by atoms with Gasteiger partial charge in [0, 0.05) is 6.54 Å². The number of carbonyl (C=O) groups excluding carboxylic acids is 1. The van der Waals surface area contributed by atoms with Crippen molar-refractivity contribution in [2.75, 3.05) is 19.8 Å². The van der Waals surface area contributed by atoms with E-state index >= 15 is 0 Å². The van der Waals surface area contributed by atoms with Crippen LogP contribution in [0, 0.1) is 0 Å². The molecule has 46 heavy (non-hydrogen) atoms. The Kier molecular flexibility index (Phi) is 31.7. The highest BCUT2D eigenvalue weighted by molar-refractivity contribution is 7.47. The highest BCUT2D eigenvalue weighted by Crippen LogP contribution is 2.43. The lowest BCUT2D eigenvalue weighted by atomic mass is 10.0. The quantitative estimate of drug-likeness (QED) is 0.0259. The van der Waals surface area contributed by atoms with Crippen molar-refractivity contribution >= 4 is 13.7 Å². The first kappa shape index (κ1) is 44.9. The molecule has 0 aliphatic rings. The molecule has 0 aromatic rings. The van der Waals surface area contributed by atoms with E-state index in [4.69, 9.17) is 14.8 Å². The van der Waals surface area contributed by atoms with Crippen LogP contribution in [0.15, 0.2) is 24.3 Å². The summed E-state index contributed by atoms with van der Waals surface area (Å²) in [7, 11) is -4.39. The summed E-state index contributed by atoms with van der Waals surface area (Å²) in [5.74, 6) is -0.460. The molecule has 0 rings (SSSR count). The van der Waals surface area contributed by atoms with Crippen molar-refractivity contribution < 1.29 is 33.5 Å². The first-order valence-corrected chi connectivity index (χ1v) is 20.0. The number of rotatable bonds is 34. The van der Waals surface area contributed by atoms with Crippen LogP contribution in [-0.2, 0) is 18.4 Å². The lowest BCUT2D eigenvalue weighted by molar-refractivity contribution is -0.124. The van der Waals surface area contributed by atoms with Gasteiger partial charge in [0.05, 0.1) is 37.9 Å². The number of hydrogen-bond donors (Lipinski definition) is 5. The predicted octanol–water partition coefficient (Wildman–Crippen LogP) is 8.41. The molecular weight excluding hydrogens is 603 g/mol. The number of phosphoric ester groups is 1. The van der Waals surface area contributed by atoms with E-state index in [1.165, 1.54) is 89.9 Å². The van der Waals surface area contributed by atoms with Crippen LogP contribution < -0.4 is 11.1 Å². The molecule has 4 unspecified atom stereocenters. The normalized spacial score (nSPS) is 15.3. The highest BCUT2D eigenvalue weighted by Gasteiger charge is 2.27. The third kappa shape index (κ3) is 30.3. The van der Waals surface area contributed by atoms with Crippen molar-refractivity contribution in [3.63, 3.8) is 0 Å². The van der Waals surface area contributed by atoms with Crippen LogP contribution in [0.2, 0.25) is 0 Å². The number of hydrogen-bond acceptors (Lipinski definition) is 7. The van der Waals surface area contributed by atoms with Gasteiger partial charge in [0.25, 0.3) is 0 Å². The third-order valence-corrected chi connectivity index (χ3v) is 9.05. The SMILES string of the molecule is CCC/C=C/CC/C=C/C(O)C(COP(=O)(O)OCCN)NC(=O)CC(O)CCCCCCCCCCCCCCCCCCC. The van der Waals surface area contributed by atoms with Gasteiger partial charge in [-0.1, -0.05) is 154 Å². The molecule has 9 nitrogen and oxygen atoms in total. The van der Waals surface area contributed by atoms with Gasteiger partial charge < -0.3 is 26.2 Å². The zero-order chi connectivity index (χ0) is 34.1. The van der Waals surface area contributed by atoms with E-state index in [2.05, 4.69) is 31.3 Å². The zero-order valence-electron chi connectivity index (χ0n) is 29.4. The molecule has 0 spiro atoms. The Morgan fingerprint density at radius 1 is 0.739 bits per heavy atom. The molecule has 0 saturated carbocycles. The Bertz CT molecular complexity index is 796. The van der Waals surface area contributed by atoms with Crippen molar-refractivity contribution in [3.05, 3.63) is 24.3 Å². The molecule has 0 aliphatic heterocycles. The van der Waals surface area contributed by atoms with Crippen molar-refractivity contribution in [2.45, 2.75) is 180 Å². The monoisotopic (exact) mass is 674 g/mol. The fraction of sp³-hybridized carbons (Fsp3) is 0.861. The number of allylic oxidation sites excluding steroid dienone is 3. The van der Waals surface area contributed by atoms with Crippen LogP contribution in [0.4, 0.5) is 0 Å². The van der Waals surface area contributed by atoms with E-state index in [1.54, 1.807) is 12.2 Å². The first-order chi connectivity index (χ1) is 22.3. The number of amides is 1. The molecule has 0 saturated heterocycles. The van der Waals surface area contributed by atoms with Crippen molar-refractivity contribution in [2.24, 2.45) is 5.73 Å². The van der Waals surface area contributed by atoms with E-state index in [1.807, 2.05) is 0 Å². The third-order valence-electron chi connectivity index (χ3n) is 8.07. The maximum absolute atomic E-state index is 12.7. The Morgan fingerprint density at radius 3 is 1.76 bits per heavy atom. The molecular formula is C36H71N2O7P. The van der Waals surface area contributed by atoms with Crippen molar-refractivity contribution in [1.82, 2.24) is 5.32 Å². The predicted molar refractivity (Wildman–Crippen MR) is 191 cm³/mol. The largest absolute Gasteiger partial charge is 0.472 e. The number of unbranched alkanes of at least 4 members (excludes halogenated alkanes) is 18. The number of nitrogens with two attached hydrogens (primary N) is 1. The minimum atomic E-state index is -4.39. The summed E-state index contributed by atoms with van der Waals surface area (Å²) in [4.78, 5) is 22.5. The lowest BCUT2D eigenvalue weighted by Crippen LogP contribution is -2.46. The summed E-state index contributed by atoms with van der Waals surface area (Å²) < 4.78 is 21.8. The van der Waals surface area contributed by atoms with Gasteiger partial charge in [-0.3, -0.25) is 13.8 Å². The second-order valence-corrected chi connectivity index (χ2v) is 14.1. The van der Waals surface area contributed by atoms with Crippen molar-refractivity contribution in [3.8, 4) is 0 Å². The average molecular weight is 675 g/mol. The maximum Gasteiger partial charge on any atom is 0.472 e. The fourth-order valence-electron chi connectivity index (χ4n) is 5.26. The van der Waals surface area contributed by atoms with Gasteiger partial charge >= 0.3 is 7.82 Å². The number of carbonyl (C=O) groups is 1. The molecule has 6 N–H and O–H groups in total. The average Bonchev–Trinajstić information content (AvgIpc) is 3.03. The summed E-state index contributed by atoms with van der Waals surface area (Å²) >= 11 is 0. The number of aliphatic hydroxyl groups is 2. The number of nitrogens with one attached hydrogen (secondary N) is 1. The van der Waals surface area contributed by atoms with E-state index in [0.29, 0.717) is 12.8 Å². The Labute approximate surface area is 281 Å². The van der Waals surface area contributed by atoms with E-state index in [9.17, 15) is 24.5 Å². The van der Waals surface area contributed by atoms with Gasteiger partial charge in [-0.25, -0.2) is 4.57 Å². The highest BCUT2D eigenvalue weighted by atomic mass is 31.2. The molecule has 0 aromatic heterocycles. The van der Waals surface area contributed by atoms with Crippen LogP contribution in [-0.4, -0.2) is 59.0 Å². The van der Waals surface area contributed by atoms with E-state index < -0.39 is 38.6 Å². The van der Waals surface area contributed by atoms with Crippen LogP contribution in [0.1, 0.15) is 162 Å². The second-order valence-electron chi connectivity index (χ2n) is 12.6. The number of phosphoric acid groups is 1. The first-order valence-electron chi connectivity index (χ1n) is 18.5. The van der Waals surface area contributed by atoms with Gasteiger partial charge in [0.15, 0.2) is 0 Å². The molecule has 0 aromatic carbocycles. The number of aliphatic hydroxyl groups excluding tert-OH is 2. The molecule has 272 valence electrons. The molecule has 1 amide bonds. The van der Waals surface area contributed by atoms with Gasteiger partial charge in [0.2, 0.25) is 5.91 Å². The summed E-state index contributed by atoms with van der Waals surface area (Å²) in [6.07, 6.45) is 31.6. The Morgan fingerprint density at radius 2 is 1.24 bits per heavy atom. The van der Waals surface area contributed by atoms with Crippen LogP contribution in [0.3, 0.4) is 0 Å². The molecule has 0 aliphatic carbocycles. The lowest BCUT2D eigenvalue weighted by Gasteiger charge is -2.24. The molecule has 10 heteroatoms. The van der Waals surface area contributed by atoms with Crippen LogP contribution in [0.5, 0.6) is 0 Å². The smallest absolute Gasteiger partial charge is 0.393 e. The standard InChI is InChI=1S/C36H71N2O7P/c1-3-5-7-9-11-12-13-14-15-16-17-18-19-20-22-23-25-27-33(39)31-36(41)38-34(32-45-46(42,43)44-30-29-37)35(40)28-26-24-21-10-8-6-4-2/h8,10,26,28,33-35,39-40H,3-7,9,11-25,27,29-32,37H2,1-2H3,(H,38,41)(H,42,43)/b10-8+,28-26+. The Balaban J connectivity index is 4.24.